The molecule has 3 aromatic rings. The number of pyridine rings is 1. The van der Waals surface area contributed by atoms with Crippen molar-refractivity contribution >= 4 is 28.5 Å². The minimum absolute atomic E-state index is 0.188. The number of rotatable bonds is 5. The van der Waals surface area contributed by atoms with Crippen molar-refractivity contribution < 1.29 is 4.79 Å². The SMILES string of the molecule is CC(C)N1CCC(CN(C)C(=O)N2CCC(c3cn(-c4ccc(Cl)cc4)c4cnccc34)CC2)CC1. The quantitative estimate of drug-likeness (QED) is 0.423. The van der Waals surface area contributed by atoms with Crippen molar-refractivity contribution in [1.82, 2.24) is 24.3 Å². The smallest absolute Gasteiger partial charge is 0.319 e. The molecule has 2 aromatic heterocycles. The van der Waals surface area contributed by atoms with E-state index in [1.54, 1.807) is 0 Å². The van der Waals surface area contributed by atoms with Gasteiger partial charge in [-0.15, -0.1) is 0 Å². The van der Waals surface area contributed by atoms with Gasteiger partial charge in [0.05, 0.1) is 11.7 Å². The van der Waals surface area contributed by atoms with Gasteiger partial charge in [0.1, 0.15) is 0 Å². The number of halogens is 1. The van der Waals surface area contributed by atoms with Crippen molar-refractivity contribution in [2.75, 3.05) is 39.8 Å². The van der Waals surface area contributed by atoms with Gasteiger partial charge in [-0.2, -0.15) is 0 Å². The molecule has 192 valence electrons. The zero-order valence-corrected chi connectivity index (χ0v) is 22.5. The van der Waals surface area contributed by atoms with E-state index >= 15 is 0 Å². The third kappa shape index (κ3) is 5.25. The molecule has 4 heterocycles. The standard InChI is InChI=1S/C29H38ClN5O/c1-21(2)33-14-9-22(10-15-33)19-32(3)29(36)34-16-11-23(12-17-34)27-20-35(25-6-4-24(30)5-7-25)28-18-31-13-8-26(27)28/h4-8,13,18,20-23H,9-12,14-17,19H2,1-3H3. The molecule has 0 spiro atoms. The second-order valence-electron chi connectivity index (χ2n) is 10.8. The van der Waals surface area contributed by atoms with E-state index in [9.17, 15) is 4.79 Å². The van der Waals surface area contributed by atoms with E-state index in [0.29, 0.717) is 17.9 Å². The van der Waals surface area contributed by atoms with Gasteiger partial charge >= 0.3 is 6.03 Å². The van der Waals surface area contributed by atoms with E-state index in [1.807, 2.05) is 48.6 Å². The lowest BCUT2D eigenvalue weighted by molar-refractivity contribution is 0.115. The summed E-state index contributed by atoms with van der Waals surface area (Å²) in [6.45, 7) is 9.31. The van der Waals surface area contributed by atoms with E-state index in [-0.39, 0.29) is 6.03 Å². The number of fused-ring (bicyclic) bond motifs is 1. The lowest BCUT2D eigenvalue weighted by Gasteiger charge is -2.38. The summed E-state index contributed by atoms with van der Waals surface area (Å²) in [5.74, 6) is 1.04. The van der Waals surface area contributed by atoms with Crippen molar-refractivity contribution in [2.24, 2.45) is 5.92 Å². The third-order valence-electron chi connectivity index (χ3n) is 8.19. The number of aromatic nitrogens is 2. The Balaban J connectivity index is 1.22. The maximum absolute atomic E-state index is 13.2. The van der Waals surface area contributed by atoms with Crippen LogP contribution in [0, 0.1) is 5.92 Å². The number of piperidine rings is 2. The minimum Gasteiger partial charge on any atom is -0.327 e. The average Bonchev–Trinajstić information content (AvgIpc) is 3.29. The molecule has 2 aliphatic rings. The largest absolute Gasteiger partial charge is 0.327 e. The first-order valence-corrected chi connectivity index (χ1v) is 13.7. The fourth-order valence-electron chi connectivity index (χ4n) is 5.98. The van der Waals surface area contributed by atoms with Crippen LogP contribution in [0.1, 0.15) is 51.0 Å². The monoisotopic (exact) mass is 507 g/mol. The number of hydrogen-bond donors (Lipinski definition) is 0. The summed E-state index contributed by atoms with van der Waals surface area (Å²) in [4.78, 5) is 24.2. The van der Waals surface area contributed by atoms with Crippen molar-refractivity contribution in [3.63, 3.8) is 0 Å². The van der Waals surface area contributed by atoms with E-state index in [0.717, 1.165) is 61.8 Å². The molecular formula is C29H38ClN5O. The topological polar surface area (TPSA) is 44.6 Å². The number of carbonyl (C=O) groups excluding carboxylic acids is 1. The van der Waals surface area contributed by atoms with E-state index in [1.165, 1.54) is 23.8 Å². The molecule has 0 bridgehead atoms. The highest BCUT2D eigenvalue weighted by atomic mass is 35.5. The molecule has 5 rings (SSSR count). The molecule has 2 saturated heterocycles. The number of urea groups is 1. The Bertz CT molecular complexity index is 1170. The van der Waals surface area contributed by atoms with E-state index in [2.05, 4.69) is 45.5 Å². The summed E-state index contributed by atoms with van der Waals surface area (Å²) in [6, 6.07) is 10.9. The number of amides is 2. The van der Waals surface area contributed by atoms with Crippen molar-refractivity contribution in [2.45, 2.75) is 51.5 Å². The lowest BCUT2D eigenvalue weighted by Crippen LogP contribution is -2.47. The van der Waals surface area contributed by atoms with Gasteiger partial charge in [0.2, 0.25) is 0 Å². The molecule has 0 saturated carbocycles. The highest BCUT2D eigenvalue weighted by Crippen LogP contribution is 2.36. The molecule has 0 atom stereocenters. The highest BCUT2D eigenvalue weighted by Gasteiger charge is 2.29. The molecule has 36 heavy (non-hydrogen) atoms. The molecule has 2 aliphatic heterocycles. The number of nitrogens with zero attached hydrogens (tertiary/aromatic N) is 5. The zero-order chi connectivity index (χ0) is 25.2. The van der Waals surface area contributed by atoms with Crippen LogP contribution in [0.5, 0.6) is 0 Å². The molecule has 6 nitrogen and oxygen atoms in total. The summed E-state index contributed by atoms with van der Waals surface area (Å²) in [5.41, 5.74) is 3.54. The van der Waals surface area contributed by atoms with E-state index < -0.39 is 0 Å². The average molecular weight is 508 g/mol. The van der Waals surface area contributed by atoms with Crippen molar-refractivity contribution in [3.05, 3.63) is 59.5 Å². The predicted octanol–water partition coefficient (Wildman–Crippen LogP) is 6.03. The second-order valence-corrected chi connectivity index (χ2v) is 11.3. The maximum atomic E-state index is 13.2. The van der Waals surface area contributed by atoms with Crippen LogP contribution in [-0.2, 0) is 0 Å². The molecular weight excluding hydrogens is 470 g/mol. The summed E-state index contributed by atoms with van der Waals surface area (Å²) < 4.78 is 2.21. The second kappa shape index (κ2) is 10.8. The lowest BCUT2D eigenvalue weighted by atomic mass is 9.89. The van der Waals surface area contributed by atoms with Crippen LogP contribution >= 0.6 is 11.6 Å². The molecule has 0 aliphatic carbocycles. The summed E-state index contributed by atoms with van der Waals surface area (Å²) in [6.07, 6.45) is 10.4. The molecule has 0 unspecified atom stereocenters. The van der Waals surface area contributed by atoms with Crippen LogP contribution in [-0.4, -0.2) is 76.1 Å². The number of likely N-dealkylation sites (tertiary alicyclic amines) is 2. The zero-order valence-electron chi connectivity index (χ0n) is 21.7. The molecule has 0 radical (unpaired) electrons. The molecule has 1 aromatic carbocycles. The first-order chi connectivity index (χ1) is 17.4. The van der Waals surface area contributed by atoms with Gasteiger partial charge in [0.15, 0.2) is 0 Å². The number of carbonyl (C=O) groups is 1. The van der Waals surface area contributed by atoms with Gasteiger partial charge in [-0.05, 0) is 100 Å². The van der Waals surface area contributed by atoms with Crippen LogP contribution in [0.2, 0.25) is 5.02 Å². The van der Waals surface area contributed by atoms with Gasteiger partial charge in [0, 0.05) is 61.2 Å². The van der Waals surface area contributed by atoms with Gasteiger partial charge in [0.25, 0.3) is 0 Å². The van der Waals surface area contributed by atoms with Gasteiger partial charge < -0.3 is 19.3 Å². The molecule has 0 N–H and O–H groups in total. The van der Waals surface area contributed by atoms with E-state index in [4.69, 9.17) is 11.6 Å². The van der Waals surface area contributed by atoms with Crippen molar-refractivity contribution in [1.29, 1.82) is 0 Å². The Kier molecular flexibility index (Phi) is 7.54. The Labute approximate surface area is 219 Å². The van der Waals surface area contributed by atoms with Gasteiger partial charge in [-0.1, -0.05) is 11.6 Å². The van der Waals surface area contributed by atoms with Crippen LogP contribution in [0.15, 0.2) is 48.9 Å². The summed E-state index contributed by atoms with van der Waals surface area (Å²) >= 11 is 6.12. The van der Waals surface area contributed by atoms with Gasteiger partial charge in [-0.3, -0.25) is 4.98 Å². The fourth-order valence-corrected chi connectivity index (χ4v) is 6.11. The fraction of sp³-hybridized carbons (Fsp3) is 0.517. The van der Waals surface area contributed by atoms with Gasteiger partial charge in [-0.25, -0.2) is 4.79 Å². The Morgan fingerprint density at radius 3 is 2.42 bits per heavy atom. The Morgan fingerprint density at radius 1 is 1.06 bits per heavy atom. The van der Waals surface area contributed by atoms with Crippen LogP contribution in [0.25, 0.3) is 16.6 Å². The highest BCUT2D eigenvalue weighted by molar-refractivity contribution is 6.30. The van der Waals surface area contributed by atoms with Crippen molar-refractivity contribution in [3.8, 4) is 5.69 Å². The molecule has 2 fully saturated rings. The number of benzene rings is 1. The molecule has 2 amide bonds. The van der Waals surface area contributed by atoms with Crippen LogP contribution in [0.3, 0.4) is 0 Å². The maximum Gasteiger partial charge on any atom is 0.319 e. The summed E-state index contributed by atoms with van der Waals surface area (Å²) in [5, 5.41) is 1.98. The van der Waals surface area contributed by atoms with Crippen LogP contribution in [0.4, 0.5) is 4.79 Å². The predicted molar refractivity (Wildman–Crippen MR) is 147 cm³/mol. The first kappa shape index (κ1) is 25.1. The molecule has 7 heteroatoms. The van der Waals surface area contributed by atoms with Crippen LogP contribution < -0.4 is 0 Å². The first-order valence-electron chi connectivity index (χ1n) is 13.4. The normalized spacial score (nSPS) is 18.3. The third-order valence-corrected chi connectivity index (χ3v) is 8.44. The summed E-state index contributed by atoms with van der Waals surface area (Å²) in [7, 11) is 1.98. The number of hydrogen-bond acceptors (Lipinski definition) is 3. The Hall–Kier alpha value is -2.57. The minimum atomic E-state index is 0.188. The Morgan fingerprint density at radius 2 is 1.75 bits per heavy atom.